The zero-order valence-electron chi connectivity index (χ0n) is 11.8. The van der Waals surface area contributed by atoms with E-state index in [9.17, 15) is 4.79 Å². The van der Waals surface area contributed by atoms with Crippen molar-refractivity contribution in [2.75, 3.05) is 5.32 Å². The van der Waals surface area contributed by atoms with Crippen LogP contribution in [0.4, 0.5) is 5.69 Å². The second-order valence-corrected chi connectivity index (χ2v) is 7.19. The van der Waals surface area contributed by atoms with E-state index in [2.05, 4.69) is 10.6 Å². The molecule has 2 N–H and O–H groups in total. The molecule has 2 rings (SSSR count). The molecule has 116 valence electrons. The van der Waals surface area contributed by atoms with Crippen molar-refractivity contribution in [2.45, 2.75) is 16.9 Å². The van der Waals surface area contributed by atoms with Gasteiger partial charge in [0.2, 0.25) is 3.79 Å². The smallest absolute Gasteiger partial charge is 0.252 e. The lowest BCUT2D eigenvalue weighted by Gasteiger charge is -2.27. The van der Waals surface area contributed by atoms with Gasteiger partial charge < -0.3 is 10.6 Å². The molecule has 0 bridgehead atoms. The number of halogens is 3. The summed E-state index contributed by atoms with van der Waals surface area (Å²) in [6, 6.07) is 16.4. The Bertz CT molecular complexity index is 624. The minimum absolute atomic E-state index is 0.320. The normalized spacial score (nSPS) is 12.5. The second kappa shape index (κ2) is 7.23. The number of nitrogens with one attached hydrogen (secondary N) is 2. The minimum atomic E-state index is -1.70. The molecular formula is C16H15Cl3N2O. The first kappa shape index (κ1) is 16.9. The Morgan fingerprint density at radius 1 is 1.00 bits per heavy atom. The van der Waals surface area contributed by atoms with Gasteiger partial charge in [0.1, 0.15) is 6.17 Å². The lowest BCUT2D eigenvalue weighted by molar-refractivity contribution is 0.0942. The molecule has 2 aromatic rings. The van der Waals surface area contributed by atoms with Gasteiger partial charge >= 0.3 is 0 Å². The molecule has 1 amide bonds. The second-order valence-electron chi connectivity index (χ2n) is 4.82. The van der Waals surface area contributed by atoms with Crippen LogP contribution >= 0.6 is 34.8 Å². The largest absolute Gasteiger partial charge is 0.362 e. The highest BCUT2D eigenvalue weighted by molar-refractivity contribution is 6.68. The van der Waals surface area contributed by atoms with E-state index in [4.69, 9.17) is 34.8 Å². The van der Waals surface area contributed by atoms with Crippen molar-refractivity contribution in [2.24, 2.45) is 0 Å². The number of hydrogen-bond acceptors (Lipinski definition) is 2. The van der Waals surface area contributed by atoms with Crippen LogP contribution in [0.1, 0.15) is 15.9 Å². The van der Waals surface area contributed by atoms with Gasteiger partial charge in [0.15, 0.2) is 0 Å². The first-order chi connectivity index (χ1) is 10.4. The van der Waals surface area contributed by atoms with E-state index in [1.54, 1.807) is 12.1 Å². The molecule has 0 aromatic heterocycles. The molecule has 1 atom stereocenters. The van der Waals surface area contributed by atoms with E-state index in [1.807, 2.05) is 49.4 Å². The summed E-state index contributed by atoms with van der Waals surface area (Å²) >= 11 is 17.9. The molecule has 0 aliphatic rings. The standard InChI is InChI=1S/C16H15Cl3N2O/c1-11-7-9-12(10-8-11)14(22)21-15(16(17,18)19)20-13-5-3-2-4-6-13/h2-10,15,20H,1H3,(H,21,22)/t15-/m0/s1. The maximum Gasteiger partial charge on any atom is 0.252 e. The van der Waals surface area contributed by atoms with Crippen LogP contribution in [-0.4, -0.2) is 15.9 Å². The predicted molar refractivity (Wildman–Crippen MR) is 92.8 cm³/mol. The van der Waals surface area contributed by atoms with E-state index in [0.29, 0.717) is 5.56 Å². The molecule has 2 aromatic carbocycles. The Hall–Kier alpha value is -1.42. The van der Waals surface area contributed by atoms with E-state index < -0.39 is 9.96 Å². The number of rotatable bonds is 4. The Morgan fingerprint density at radius 3 is 2.14 bits per heavy atom. The van der Waals surface area contributed by atoms with Crippen molar-refractivity contribution in [3.8, 4) is 0 Å². The average Bonchev–Trinajstić information content (AvgIpc) is 2.47. The van der Waals surface area contributed by atoms with Crippen molar-refractivity contribution in [3.63, 3.8) is 0 Å². The summed E-state index contributed by atoms with van der Waals surface area (Å²) in [7, 11) is 0. The Balaban J connectivity index is 2.13. The van der Waals surface area contributed by atoms with Crippen LogP contribution in [-0.2, 0) is 0 Å². The predicted octanol–water partition coefficient (Wildman–Crippen LogP) is 4.53. The van der Waals surface area contributed by atoms with Gasteiger partial charge in [-0.1, -0.05) is 70.7 Å². The Labute approximate surface area is 144 Å². The fraction of sp³-hybridized carbons (Fsp3) is 0.188. The highest BCUT2D eigenvalue weighted by Gasteiger charge is 2.34. The van der Waals surface area contributed by atoms with Gasteiger partial charge in [-0.25, -0.2) is 0 Å². The van der Waals surface area contributed by atoms with E-state index >= 15 is 0 Å². The van der Waals surface area contributed by atoms with Gasteiger partial charge in [-0.05, 0) is 31.2 Å². The molecular weight excluding hydrogens is 343 g/mol. The molecule has 0 saturated carbocycles. The lowest BCUT2D eigenvalue weighted by atomic mass is 10.1. The van der Waals surface area contributed by atoms with E-state index in [0.717, 1.165) is 11.3 Å². The molecule has 0 radical (unpaired) electrons. The first-order valence-electron chi connectivity index (χ1n) is 6.62. The lowest BCUT2D eigenvalue weighted by Crippen LogP contribution is -2.49. The van der Waals surface area contributed by atoms with E-state index in [1.165, 1.54) is 0 Å². The van der Waals surface area contributed by atoms with Crippen LogP contribution in [0.5, 0.6) is 0 Å². The maximum atomic E-state index is 12.3. The minimum Gasteiger partial charge on any atom is -0.362 e. The van der Waals surface area contributed by atoms with Gasteiger partial charge in [0, 0.05) is 11.3 Å². The Kier molecular flexibility index (Phi) is 5.57. The maximum absolute atomic E-state index is 12.3. The fourth-order valence-electron chi connectivity index (χ4n) is 1.82. The summed E-state index contributed by atoms with van der Waals surface area (Å²) in [5, 5.41) is 5.70. The summed E-state index contributed by atoms with van der Waals surface area (Å²) in [6.45, 7) is 1.95. The molecule has 0 unspecified atom stereocenters. The summed E-state index contributed by atoms with van der Waals surface area (Å²) in [4.78, 5) is 12.3. The van der Waals surface area contributed by atoms with Crippen LogP contribution in [0.15, 0.2) is 54.6 Å². The molecule has 0 aliphatic carbocycles. The third kappa shape index (κ3) is 4.80. The summed E-state index contributed by atoms with van der Waals surface area (Å²) in [5.41, 5.74) is 2.31. The van der Waals surface area contributed by atoms with Crippen molar-refractivity contribution in [1.29, 1.82) is 0 Å². The van der Waals surface area contributed by atoms with Crippen molar-refractivity contribution in [1.82, 2.24) is 5.32 Å². The third-order valence-electron chi connectivity index (χ3n) is 3.00. The summed E-state index contributed by atoms with van der Waals surface area (Å²) < 4.78 is -1.70. The number of hydrogen-bond donors (Lipinski definition) is 2. The van der Waals surface area contributed by atoms with Gasteiger partial charge in [0.05, 0.1) is 0 Å². The molecule has 0 aliphatic heterocycles. The SMILES string of the molecule is Cc1ccc(C(=O)N[C@H](Nc2ccccc2)C(Cl)(Cl)Cl)cc1. The topological polar surface area (TPSA) is 41.1 Å². The van der Waals surface area contributed by atoms with Crippen molar-refractivity contribution in [3.05, 3.63) is 65.7 Å². The zero-order valence-corrected chi connectivity index (χ0v) is 14.1. The average molecular weight is 358 g/mol. The van der Waals surface area contributed by atoms with Crippen LogP contribution in [0.2, 0.25) is 0 Å². The van der Waals surface area contributed by atoms with E-state index in [-0.39, 0.29) is 5.91 Å². The van der Waals surface area contributed by atoms with Crippen molar-refractivity contribution >= 4 is 46.4 Å². The molecule has 0 spiro atoms. The number of alkyl halides is 3. The van der Waals surface area contributed by atoms with Gasteiger partial charge in [0.25, 0.3) is 5.91 Å². The number of carbonyl (C=O) groups is 1. The highest BCUT2D eigenvalue weighted by atomic mass is 35.6. The molecule has 0 saturated heterocycles. The summed E-state index contributed by atoms with van der Waals surface area (Å²) in [5.74, 6) is -0.320. The number of anilines is 1. The van der Waals surface area contributed by atoms with Crippen LogP contribution in [0, 0.1) is 6.92 Å². The van der Waals surface area contributed by atoms with Gasteiger partial charge in [-0.15, -0.1) is 0 Å². The number of aryl methyl sites for hydroxylation is 1. The van der Waals surface area contributed by atoms with Gasteiger partial charge in [-0.2, -0.15) is 0 Å². The zero-order chi connectivity index (χ0) is 16.2. The molecule has 3 nitrogen and oxygen atoms in total. The third-order valence-corrected chi connectivity index (χ3v) is 3.66. The molecule has 0 fully saturated rings. The number of carbonyl (C=O) groups excluding carboxylic acids is 1. The number of amides is 1. The molecule has 6 heteroatoms. The van der Waals surface area contributed by atoms with Crippen LogP contribution in [0.25, 0.3) is 0 Å². The highest BCUT2D eigenvalue weighted by Crippen LogP contribution is 2.31. The quantitative estimate of drug-likeness (QED) is 0.623. The number of benzene rings is 2. The monoisotopic (exact) mass is 356 g/mol. The molecule has 22 heavy (non-hydrogen) atoms. The van der Waals surface area contributed by atoms with Crippen molar-refractivity contribution < 1.29 is 4.79 Å². The molecule has 0 heterocycles. The fourth-order valence-corrected chi connectivity index (χ4v) is 2.15. The summed E-state index contributed by atoms with van der Waals surface area (Å²) in [6.07, 6.45) is -0.867. The number of para-hydroxylation sites is 1. The first-order valence-corrected chi connectivity index (χ1v) is 7.75. The van der Waals surface area contributed by atoms with Gasteiger partial charge in [-0.3, -0.25) is 4.79 Å². The van der Waals surface area contributed by atoms with Crippen LogP contribution in [0.3, 0.4) is 0 Å². The van der Waals surface area contributed by atoms with Crippen LogP contribution < -0.4 is 10.6 Å². The Morgan fingerprint density at radius 2 is 1.59 bits per heavy atom.